The molecule has 2 bridgehead atoms. The van der Waals surface area contributed by atoms with Crippen LogP contribution in [0, 0.1) is 11.6 Å². The summed E-state index contributed by atoms with van der Waals surface area (Å²) in [6.07, 6.45) is 4.17. The Morgan fingerprint density at radius 3 is 2.60 bits per heavy atom. The van der Waals surface area contributed by atoms with E-state index in [1.165, 1.54) is 22.8 Å². The molecule has 0 radical (unpaired) electrons. The van der Waals surface area contributed by atoms with Gasteiger partial charge < -0.3 is 14.7 Å². The zero-order valence-electron chi connectivity index (χ0n) is 26.2. The molecule has 0 unspecified atom stereocenters. The molecule has 9 nitrogen and oxygen atoms in total. The Kier molecular flexibility index (Phi) is 7.88. The summed E-state index contributed by atoms with van der Waals surface area (Å²) in [6, 6.07) is 7.40. The van der Waals surface area contributed by atoms with Crippen molar-refractivity contribution in [1.29, 1.82) is 0 Å². The number of nitrogens with zero attached hydrogens (tertiary/aromatic N) is 7. The average Bonchev–Trinajstić information content (AvgIpc) is 3.00. The fraction of sp³-hybridized carbons (Fsp3) is 0.382. The molecule has 0 spiro atoms. The zero-order valence-corrected chi connectivity index (χ0v) is 26.2. The Bertz CT molecular complexity index is 1890. The van der Waals surface area contributed by atoms with Crippen LogP contribution < -0.4 is 15.5 Å². The third-order valence-corrected chi connectivity index (χ3v) is 8.91. The number of carbonyl (C=O) groups is 1. The number of carbonyl (C=O) groups excluding carboxylic acids is 1. The molecule has 3 aromatic heterocycles. The molecule has 5 heterocycles. The van der Waals surface area contributed by atoms with Crippen LogP contribution in [0.25, 0.3) is 28.0 Å². The topological polar surface area (TPSA) is 87.5 Å². The van der Waals surface area contributed by atoms with Gasteiger partial charge in [-0.25, -0.2) is 23.1 Å². The van der Waals surface area contributed by atoms with Crippen molar-refractivity contribution in [2.45, 2.75) is 58.5 Å². The number of anilines is 2. The van der Waals surface area contributed by atoms with Gasteiger partial charge in [-0.3, -0.25) is 9.78 Å². The molecular formula is C34H37F2N7O2. The molecule has 1 aromatic carbocycles. The highest BCUT2D eigenvalue weighted by atomic mass is 19.1. The monoisotopic (exact) mass is 613 g/mol. The van der Waals surface area contributed by atoms with Gasteiger partial charge in [0.15, 0.2) is 5.65 Å². The molecule has 11 heteroatoms. The number of pyridine rings is 2. The summed E-state index contributed by atoms with van der Waals surface area (Å²) in [6.45, 7) is 12.7. The third kappa shape index (κ3) is 5.13. The second-order valence-electron chi connectivity index (χ2n) is 12.3. The van der Waals surface area contributed by atoms with Crippen molar-refractivity contribution in [1.82, 2.24) is 24.4 Å². The third-order valence-electron chi connectivity index (χ3n) is 8.91. The van der Waals surface area contributed by atoms with E-state index < -0.39 is 17.3 Å². The number of halogens is 2. The molecule has 1 fully saturated rings. The second kappa shape index (κ2) is 11.7. The van der Waals surface area contributed by atoms with Crippen LogP contribution in [0.5, 0.6) is 0 Å². The predicted molar refractivity (Wildman–Crippen MR) is 172 cm³/mol. The molecule has 0 saturated carbocycles. The molecule has 234 valence electrons. The summed E-state index contributed by atoms with van der Waals surface area (Å²) in [4.78, 5) is 46.6. The van der Waals surface area contributed by atoms with E-state index in [0.29, 0.717) is 54.8 Å². The number of hydrogen-bond acceptors (Lipinski definition) is 7. The largest absolute Gasteiger partial charge is 0.373 e. The van der Waals surface area contributed by atoms with Crippen molar-refractivity contribution in [3.63, 3.8) is 0 Å². The number of aromatic nitrogens is 4. The fourth-order valence-corrected chi connectivity index (χ4v) is 6.64. The fourth-order valence-electron chi connectivity index (χ4n) is 6.64. The Balaban J connectivity index is 1.71. The van der Waals surface area contributed by atoms with Gasteiger partial charge >= 0.3 is 5.69 Å². The standard InChI is InChI=1S/C34H37F2N7O2/c1-7-27(44)41-17-21(5)42(18-20(41)4)32-23-16-25(36)30-28-22(10-8-12-24(28)35)11-9-15-40(6)26-13-14-37-29(19(2)3)31(26)43(33(23)38-30)34(45)39-32/h7-8,10,12-14,16,19-21H,1,9,11,15,17-18H2,2-6H3/t20-,21+/m1/s1. The molecule has 0 N–H and O–H groups in total. The van der Waals surface area contributed by atoms with Crippen LogP contribution in [0.3, 0.4) is 0 Å². The molecule has 45 heavy (non-hydrogen) atoms. The van der Waals surface area contributed by atoms with Crippen LogP contribution in [0.2, 0.25) is 0 Å². The van der Waals surface area contributed by atoms with E-state index in [4.69, 9.17) is 4.98 Å². The van der Waals surface area contributed by atoms with Gasteiger partial charge in [-0.2, -0.15) is 4.98 Å². The summed E-state index contributed by atoms with van der Waals surface area (Å²) in [5, 5.41) is 0.306. The van der Waals surface area contributed by atoms with Gasteiger partial charge in [0.05, 0.1) is 22.5 Å². The molecule has 2 aliphatic heterocycles. The van der Waals surface area contributed by atoms with Crippen LogP contribution in [-0.2, 0) is 11.2 Å². The van der Waals surface area contributed by atoms with E-state index >= 15 is 8.78 Å². The normalized spacial score (nSPS) is 18.4. The highest BCUT2D eigenvalue weighted by molar-refractivity contribution is 5.92. The van der Waals surface area contributed by atoms with Gasteiger partial charge in [0.25, 0.3) is 0 Å². The van der Waals surface area contributed by atoms with E-state index in [-0.39, 0.29) is 46.6 Å². The predicted octanol–water partition coefficient (Wildman–Crippen LogP) is 5.24. The van der Waals surface area contributed by atoms with Crippen LogP contribution in [-0.4, -0.2) is 69.1 Å². The van der Waals surface area contributed by atoms with E-state index in [2.05, 4.69) is 21.4 Å². The lowest BCUT2D eigenvalue weighted by molar-refractivity contribution is -0.128. The first-order valence-electron chi connectivity index (χ1n) is 15.3. The quantitative estimate of drug-likeness (QED) is 0.292. The Hall–Kier alpha value is -4.67. The lowest BCUT2D eigenvalue weighted by atomic mass is 9.98. The molecule has 1 amide bonds. The molecule has 6 rings (SSSR count). The molecule has 1 saturated heterocycles. The van der Waals surface area contributed by atoms with Gasteiger partial charge in [0.1, 0.15) is 23.1 Å². The van der Waals surface area contributed by atoms with Crippen molar-refractivity contribution in [3.8, 4) is 16.9 Å². The van der Waals surface area contributed by atoms with Crippen molar-refractivity contribution < 1.29 is 13.6 Å². The van der Waals surface area contributed by atoms with Gasteiger partial charge in [-0.15, -0.1) is 0 Å². The van der Waals surface area contributed by atoms with Gasteiger partial charge in [-0.05, 0) is 62.4 Å². The van der Waals surface area contributed by atoms with Crippen molar-refractivity contribution >= 4 is 28.4 Å². The smallest absolute Gasteiger partial charge is 0.355 e. The van der Waals surface area contributed by atoms with Gasteiger partial charge in [0.2, 0.25) is 5.91 Å². The molecule has 2 atom stereocenters. The van der Waals surface area contributed by atoms with E-state index in [1.807, 2.05) is 45.7 Å². The molecule has 0 aliphatic carbocycles. The van der Waals surface area contributed by atoms with Crippen molar-refractivity contribution in [2.24, 2.45) is 0 Å². The highest BCUT2D eigenvalue weighted by Gasteiger charge is 2.34. The van der Waals surface area contributed by atoms with E-state index in [9.17, 15) is 9.59 Å². The molecule has 2 aliphatic rings. The number of fused-ring (bicyclic) bond motifs is 5. The maximum absolute atomic E-state index is 16.3. The number of amides is 1. The SMILES string of the molecule is C=CC(=O)N1C[C@H](C)N(c2nc(=O)n3c4nc(c(F)cc24)-c2c(F)cccc2CCCN(C)c2ccnc(C(C)C)c2-3)C[C@H]1C. The number of rotatable bonds is 3. The first-order valence-corrected chi connectivity index (χ1v) is 15.3. The van der Waals surface area contributed by atoms with Crippen LogP contribution >= 0.6 is 0 Å². The summed E-state index contributed by atoms with van der Waals surface area (Å²) < 4.78 is 33.2. The lowest BCUT2D eigenvalue weighted by Gasteiger charge is -2.44. The summed E-state index contributed by atoms with van der Waals surface area (Å²) >= 11 is 0. The van der Waals surface area contributed by atoms with E-state index in [1.54, 1.807) is 23.2 Å². The minimum absolute atomic E-state index is 0.0719. The minimum atomic E-state index is -0.715. The number of benzene rings is 1. The number of piperazine rings is 1. The Morgan fingerprint density at radius 2 is 1.87 bits per heavy atom. The first kappa shape index (κ1) is 30.4. The lowest BCUT2D eigenvalue weighted by Crippen LogP contribution is -2.58. The van der Waals surface area contributed by atoms with Crippen LogP contribution in [0.4, 0.5) is 20.3 Å². The second-order valence-corrected chi connectivity index (χ2v) is 12.3. The first-order chi connectivity index (χ1) is 21.5. The van der Waals surface area contributed by atoms with Gasteiger partial charge in [-0.1, -0.05) is 32.6 Å². The average molecular weight is 614 g/mol. The minimum Gasteiger partial charge on any atom is -0.373 e. The van der Waals surface area contributed by atoms with Crippen LogP contribution in [0.1, 0.15) is 51.3 Å². The maximum Gasteiger partial charge on any atom is 0.355 e. The summed E-state index contributed by atoms with van der Waals surface area (Å²) in [7, 11) is 1.95. The number of aryl methyl sites for hydroxylation is 1. The Morgan fingerprint density at radius 1 is 1.09 bits per heavy atom. The highest BCUT2D eigenvalue weighted by Crippen LogP contribution is 2.38. The molecular weight excluding hydrogens is 576 g/mol. The molecule has 4 aromatic rings. The maximum atomic E-state index is 16.3. The van der Waals surface area contributed by atoms with Crippen molar-refractivity contribution in [2.75, 3.05) is 36.5 Å². The van der Waals surface area contributed by atoms with Crippen LogP contribution in [0.15, 0.2) is 54.0 Å². The number of hydrogen-bond donors (Lipinski definition) is 0. The Labute approximate surface area is 260 Å². The van der Waals surface area contributed by atoms with Gasteiger partial charge in [0, 0.05) is 50.5 Å². The summed E-state index contributed by atoms with van der Waals surface area (Å²) in [5.41, 5.74) is 2.06. The van der Waals surface area contributed by atoms with Crippen molar-refractivity contribution in [3.05, 3.63) is 82.6 Å². The zero-order chi connectivity index (χ0) is 32.2. The van der Waals surface area contributed by atoms with E-state index in [0.717, 1.165) is 5.69 Å². The summed E-state index contributed by atoms with van der Waals surface area (Å²) in [5.74, 6) is -1.29.